The van der Waals surface area contributed by atoms with Gasteiger partial charge in [-0.05, 0) is 60.0 Å². The Kier molecular flexibility index (Phi) is 19.1. The van der Waals surface area contributed by atoms with Crippen LogP contribution in [0.5, 0.6) is 5.75 Å². The third kappa shape index (κ3) is 14.9. The van der Waals surface area contributed by atoms with E-state index in [0.29, 0.717) is 6.07 Å². The lowest BCUT2D eigenvalue weighted by Gasteiger charge is -2.14. The number of phenolic OH excluding ortho intramolecular Hbond substituents is 1. The molecule has 8 N–H and O–H groups in total. The lowest BCUT2D eigenvalue weighted by molar-refractivity contribution is -0.434. The molecule has 5 aromatic carbocycles. The van der Waals surface area contributed by atoms with E-state index in [1.54, 1.807) is 0 Å². The van der Waals surface area contributed by atoms with Gasteiger partial charge in [-0.3, -0.25) is 22.0 Å². The Balaban J connectivity index is 1.63. The molecule has 0 atom stereocenters. The van der Waals surface area contributed by atoms with Gasteiger partial charge in [0.05, 0.1) is 57.1 Å². The zero-order chi connectivity index (χ0) is 50.8. The minimum atomic E-state index is -5.29. The molecule has 0 radical (unpaired) electrons. The van der Waals surface area contributed by atoms with Crippen LogP contribution in [0.4, 0.5) is 28.4 Å². The fourth-order valence-corrected chi connectivity index (χ4v) is 10.9. The van der Waals surface area contributed by atoms with Crippen molar-refractivity contribution in [2.45, 2.75) is 24.5 Å². The van der Waals surface area contributed by atoms with E-state index in [2.05, 4.69) is 53.9 Å². The summed E-state index contributed by atoms with van der Waals surface area (Å²) in [7, 11) is -23.7. The summed E-state index contributed by atoms with van der Waals surface area (Å²) in [5, 5.41) is 64.4. The second-order valence-corrected chi connectivity index (χ2v) is 22.9. The minimum absolute atomic E-state index is 0.0270. The number of benzene rings is 5. The highest BCUT2D eigenvalue weighted by atomic mass is 32.2. The number of phenols is 1. The van der Waals surface area contributed by atoms with Crippen LogP contribution in [-0.4, -0.2) is 107 Å². The number of fused-ring (bicyclic) bond motifs is 2. The van der Waals surface area contributed by atoms with Crippen LogP contribution < -0.4 is 5.32 Å². The van der Waals surface area contributed by atoms with Crippen molar-refractivity contribution >= 4 is 137 Å². The molecule has 0 aromatic heterocycles. The first kappa shape index (κ1) is 55.6. The second kappa shape index (κ2) is 23.7. The fourth-order valence-electron chi connectivity index (χ4n) is 5.69. The molecule has 0 saturated heterocycles. The Bertz CT molecular complexity index is 3340. The fraction of sp³-hybridized carbons (Fsp3) is 0.161. The number of aromatic hydroxyl groups is 1. The van der Waals surface area contributed by atoms with Gasteiger partial charge in [0.25, 0.3) is 30.4 Å². The smallest absolute Gasteiger partial charge is 0.297 e. The van der Waals surface area contributed by atoms with Crippen LogP contribution in [0, 0.1) is 0 Å². The van der Waals surface area contributed by atoms with Crippen molar-refractivity contribution in [1.29, 1.82) is 0 Å². The van der Waals surface area contributed by atoms with E-state index in [-0.39, 0.29) is 73.7 Å². The normalized spacial score (nSPS) is 13.1. The number of rotatable bonds is 26. The van der Waals surface area contributed by atoms with Crippen molar-refractivity contribution < 1.29 is 113 Å². The zero-order valence-corrected chi connectivity index (χ0v) is 40.0. The van der Waals surface area contributed by atoms with Gasteiger partial charge in [0.1, 0.15) is 38.4 Å². The first-order chi connectivity index (χ1) is 32.4. The molecule has 0 unspecified atom stereocenters. The van der Waals surface area contributed by atoms with Crippen molar-refractivity contribution in [1.82, 2.24) is 0 Å². The predicted molar refractivity (Wildman–Crippen MR) is 235 cm³/mol. The molecule has 5 aromatic rings. The quantitative estimate of drug-likeness (QED) is 0.00756. The summed E-state index contributed by atoms with van der Waals surface area (Å²) in [4.78, 5) is -3.30. The summed E-state index contributed by atoms with van der Waals surface area (Å²) in [5.74, 6) is -3.40. The largest absolute Gasteiger partial charge is 0.505 e. The number of sulfone groups is 2. The summed E-state index contributed by atoms with van der Waals surface area (Å²) in [6, 6.07) is 10.9. The lowest BCUT2D eigenvalue weighted by Crippen LogP contribution is -2.13. The maximum absolute atomic E-state index is 12.9. The van der Waals surface area contributed by atoms with E-state index < -0.39 is 124 Å². The average Bonchev–Trinajstić information content (AvgIpc) is 3.27. The monoisotopic (exact) mass is 1130 g/mol. The van der Waals surface area contributed by atoms with Crippen LogP contribution in [-0.2, 0) is 86.5 Å². The van der Waals surface area contributed by atoms with Gasteiger partial charge in [-0.15, -0.1) is 33.5 Å². The summed E-state index contributed by atoms with van der Waals surface area (Å²) in [6.45, 7) is -1.02. The van der Waals surface area contributed by atoms with Gasteiger partial charge in [-0.25, -0.2) is 32.6 Å². The standard InChI is InChI=1S/C31H29N5O25S8/c37-30-21-5-8-24(32-16-67(45,46)47)28(35-33-23-7-3-19(14-27(23)68(48,49)50)66(43,44)12-10-55-64-61-58-40)22(21)15-26(62-59-56-38)29(30)36-34-25-6-1-17-13-18(2-4-20(17)31(25)69(51,52)53)65(41,42)11-9-54-63-60-57-39/h1-8,13-15,32,37-40H,9-12,16H2,(H,45,46,47)(H,48,49,50)(H,51,52,53). The Hall–Kier alpha value is -4.34. The zero-order valence-electron chi connectivity index (χ0n) is 33.4. The molecule has 0 saturated carbocycles. The van der Waals surface area contributed by atoms with Crippen molar-refractivity contribution in [2.24, 2.45) is 20.5 Å². The summed E-state index contributed by atoms with van der Waals surface area (Å²) in [5.41, 5.74) is -2.62. The molecule has 30 nitrogen and oxygen atoms in total. The Morgan fingerprint density at radius 2 is 1.12 bits per heavy atom. The molecule has 0 amide bonds. The highest BCUT2D eigenvalue weighted by Gasteiger charge is 2.26. The lowest BCUT2D eigenvalue weighted by atomic mass is 10.1. The first-order valence-electron chi connectivity index (χ1n) is 17.6. The molecule has 376 valence electrons. The van der Waals surface area contributed by atoms with E-state index in [0.717, 1.165) is 54.6 Å². The third-order valence-electron chi connectivity index (χ3n) is 8.51. The van der Waals surface area contributed by atoms with Crippen molar-refractivity contribution in [3.8, 4) is 5.75 Å². The SMILES string of the molecule is O=S(=O)(O)CNc1ccc2c(O)c(N=Nc3ccc4cc(S(=O)(=O)CCOSOOO)ccc4c3S(=O)(=O)O)c(SOOO)cc2c1N=Nc1ccc(S(=O)(=O)CCOSOOO)cc1S(=O)(=O)O. The van der Waals surface area contributed by atoms with E-state index in [4.69, 9.17) is 24.1 Å². The molecule has 0 spiro atoms. The highest BCUT2D eigenvalue weighted by Crippen LogP contribution is 2.49. The van der Waals surface area contributed by atoms with Crippen molar-refractivity contribution in [3.63, 3.8) is 0 Å². The molecule has 69 heavy (non-hydrogen) atoms. The molecule has 5 rings (SSSR count). The molecule has 0 fully saturated rings. The van der Waals surface area contributed by atoms with E-state index in [1.807, 2.05) is 0 Å². The summed E-state index contributed by atoms with van der Waals surface area (Å²) >= 11 is 0.329. The van der Waals surface area contributed by atoms with Gasteiger partial charge < -0.3 is 10.4 Å². The highest BCUT2D eigenvalue weighted by molar-refractivity contribution is 7.94. The van der Waals surface area contributed by atoms with Gasteiger partial charge in [-0.2, -0.15) is 25.3 Å². The van der Waals surface area contributed by atoms with Gasteiger partial charge >= 0.3 is 0 Å². The number of anilines is 1. The van der Waals surface area contributed by atoms with Crippen LogP contribution in [0.15, 0.2) is 112 Å². The Labute approximate surface area is 400 Å². The maximum atomic E-state index is 12.9. The van der Waals surface area contributed by atoms with E-state index in [1.165, 1.54) is 6.07 Å². The van der Waals surface area contributed by atoms with Crippen LogP contribution in [0.1, 0.15) is 0 Å². The van der Waals surface area contributed by atoms with Gasteiger partial charge in [0.2, 0.25) is 0 Å². The molecular formula is C31H29N5O25S8. The first-order valence-corrected chi connectivity index (χ1v) is 27.4. The number of nitrogens with zero attached hydrogens (tertiary/aromatic N) is 4. The van der Waals surface area contributed by atoms with Crippen LogP contribution >= 0.6 is 36.7 Å². The van der Waals surface area contributed by atoms with Crippen molar-refractivity contribution in [2.75, 3.05) is 35.9 Å². The molecule has 0 aliphatic carbocycles. The third-order valence-corrected chi connectivity index (χ3v) is 15.6. The Morgan fingerprint density at radius 1 is 0.565 bits per heavy atom. The number of hydrogen-bond donors (Lipinski definition) is 8. The van der Waals surface area contributed by atoms with Gasteiger partial charge in [0, 0.05) is 16.2 Å². The second-order valence-electron chi connectivity index (χ2n) is 12.7. The van der Waals surface area contributed by atoms with Crippen molar-refractivity contribution in [3.05, 3.63) is 66.7 Å². The minimum Gasteiger partial charge on any atom is -0.505 e. The van der Waals surface area contributed by atoms with Crippen LogP contribution in [0.25, 0.3) is 21.5 Å². The van der Waals surface area contributed by atoms with Gasteiger partial charge in [0.15, 0.2) is 50.1 Å². The summed E-state index contributed by atoms with van der Waals surface area (Å²) < 4.78 is 177. The van der Waals surface area contributed by atoms with Gasteiger partial charge in [-0.1, -0.05) is 27.2 Å². The number of azo groups is 2. The molecule has 0 aliphatic heterocycles. The molecule has 0 bridgehead atoms. The van der Waals surface area contributed by atoms with E-state index in [9.17, 15) is 60.9 Å². The van der Waals surface area contributed by atoms with Crippen LogP contribution in [0.3, 0.4) is 0 Å². The summed E-state index contributed by atoms with van der Waals surface area (Å²) in [6.07, 6.45) is 0. The molecule has 38 heteroatoms. The average molecular weight is 1130 g/mol. The molecular weight excluding hydrogens is 1100 g/mol. The molecule has 0 heterocycles. The van der Waals surface area contributed by atoms with E-state index >= 15 is 0 Å². The number of nitrogens with one attached hydrogen (secondary N) is 1. The topological polar surface area (TPSA) is 448 Å². The Morgan fingerprint density at radius 3 is 1.70 bits per heavy atom. The van der Waals surface area contributed by atoms with Crippen LogP contribution in [0.2, 0.25) is 0 Å². The predicted octanol–water partition coefficient (Wildman–Crippen LogP) is 6.26. The number of hydrogen-bond acceptors (Lipinski definition) is 30. The maximum Gasteiger partial charge on any atom is 0.297 e. The molecule has 0 aliphatic rings.